The molecule has 2 heterocycles. The maximum Gasteiger partial charge on any atom is 0.276 e. The van der Waals surface area contributed by atoms with Gasteiger partial charge in [0.15, 0.2) is 0 Å². The van der Waals surface area contributed by atoms with Crippen molar-refractivity contribution in [3.63, 3.8) is 0 Å². The number of hydrogen-bond donors (Lipinski definition) is 0. The Morgan fingerprint density at radius 1 is 1.05 bits per heavy atom. The van der Waals surface area contributed by atoms with Crippen molar-refractivity contribution in [2.45, 2.75) is 0 Å². The fourth-order valence-corrected chi connectivity index (χ4v) is 2.07. The van der Waals surface area contributed by atoms with Crippen LogP contribution in [0, 0.1) is 11.3 Å². The van der Waals surface area contributed by atoms with Gasteiger partial charge in [-0.15, -0.1) is 0 Å². The van der Waals surface area contributed by atoms with E-state index in [2.05, 4.69) is 4.98 Å². The van der Waals surface area contributed by atoms with Crippen molar-refractivity contribution < 1.29 is 0 Å². The summed E-state index contributed by atoms with van der Waals surface area (Å²) in [5.41, 5.74) is 1.59. The average Bonchev–Trinajstić information content (AvgIpc) is 2.54. The molecule has 0 saturated carbocycles. The molecule has 4 heteroatoms. The van der Waals surface area contributed by atoms with E-state index in [1.165, 1.54) is 4.40 Å². The summed E-state index contributed by atoms with van der Waals surface area (Å²) in [4.78, 5) is 16.6. The first kappa shape index (κ1) is 12.8. The van der Waals surface area contributed by atoms with Gasteiger partial charge in [-0.05, 0) is 23.8 Å². The van der Waals surface area contributed by atoms with Gasteiger partial charge in [0, 0.05) is 6.20 Å². The number of fused-ring (bicyclic) bond motifs is 1. The van der Waals surface area contributed by atoms with Gasteiger partial charge in [0.1, 0.15) is 17.3 Å². The molecule has 0 radical (unpaired) electrons. The third-order valence-corrected chi connectivity index (χ3v) is 3.11. The minimum Gasteiger partial charge on any atom is -0.267 e. The standard InChI is InChI=1S/C17H11N3O/c18-12-14-15(10-9-13-6-2-1-3-7-13)19-16-8-4-5-11-20(16)17(14)21/h1-11H/b10-9+. The minimum absolute atomic E-state index is 0.0471. The van der Waals surface area contributed by atoms with Crippen LogP contribution >= 0.6 is 0 Å². The van der Waals surface area contributed by atoms with E-state index in [-0.39, 0.29) is 11.1 Å². The normalized spacial score (nSPS) is 10.8. The van der Waals surface area contributed by atoms with Crippen LogP contribution in [0.4, 0.5) is 0 Å². The molecule has 0 bridgehead atoms. The van der Waals surface area contributed by atoms with Crippen molar-refractivity contribution in [3.8, 4) is 6.07 Å². The molecule has 0 spiro atoms. The molecular weight excluding hydrogens is 262 g/mol. The SMILES string of the molecule is N#Cc1c(/C=C/c2ccccc2)nc2ccccn2c1=O. The largest absolute Gasteiger partial charge is 0.276 e. The van der Waals surface area contributed by atoms with Gasteiger partial charge in [-0.2, -0.15) is 5.26 Å². The Kier molecular flexibility index (Phi) is 3.32. The molecule has 0 atom stereocenters. The molecule has 0 amide bonds. The van der Waals surface area contributed by atoms with E-state index in [1.807, 2.05) is 42.5 Å². The lowest BCUT2D eigenvalue weighted by molar-refractivity contribution is 1.03. The van der Waals surface area contributed by atoms with Gasteiger partial charge in [-0.3, -0.25) is 9.20 Å². The minimum atomic E-state index is -0.351. The summed E-state index contributed by atoms with van der Waals surface area (Å²) in [5.74, 6) is 0. The summed E-state index contributed by atoms with van der Waals surface area (Å²) in [6, 6.07) is 16.9. The van der Waals surface area contributed by atoms with Crippen LogP contribution in [-0.4, -0.2) is 9.38 Å². The second kappa shape index (κ2) is 5.43. The molecule has 2 aromatic heterocycles. The Bertz CT molecular complexity index is 918. The first-order chi connectivity index (χ1) is 10.3. The van der Waals surface area contributed by atoms with Gasteiger partial charge >= 0.3 is 0 Å². The smallest absolute Gasteiger partial charge is 0.267 e. The number of nitriles is 1. The predicted octanol–water partition coefficient (Wildman–Crippen LogP) is 2.74. The average molecular weight is 273 g/mol. The summed E-state index contributed by atoms with van der Waals surface area (Å²) in [6.07, 6.45) is 5.14. The summed E-state index contributed by atoms with van der Waals surface area (Å²) in [7, 11) is 0. The van der Waals surface area contributed by atoms with Crippen molar-refractivity contribution in [2.24, 2.45) is 0 Å². The molecule has 3 rings (SSSR count). The molecule has 21 heavy (non-hydrogen) atoms. The van der Waals surface area contributed by atoms with Crippen LogP contribution in [0.1, 0.15) is 16.8 Å². The molecule has 0 aliphatic heterocycles. The molecule has 0 aliphatic rings. The second-order valence-electron chi connectivity index (χ2n) is 4.46. The van der Waals surface area contributed by atoms with Crippen LogP contribution in [0.2, 0.25) is 0 Å². The van der Waals surface area contributed by atoms with Crippen LogP contribution in [0.5, 0.6) is 0 Å². The maximum atomic E-state index is 12.3. The van der Waals surface area contributed by atoms with Crippen LogP contribution in [0.15, 0.2) is 59.5 Å². The molecule has 0 saturated heterocycles. The van der Waals surface area contributed by atoms with Crippen LogP contribution in [0.25, 0.3) is 17.8 Å². The number of benzene rings is 1. The molecular formula is C17H11N3O. The number of nitrogens with zero attached hydrogens (tertiary/aromatic N) is 3. The number of aromatic nitrogens is 2. The molecule has 0 fully saturated rings. The highest BCUT2D eigenvalue weighted by molar-refractivity contribution is 5.71. The Hall–Kier alpha value is -3.19. The highest BCUT2D eigenvalue weighted by Crippen LogP contribution is 2.09. The third-order valence-electron chi connectivity index (χ3n) is 3.11. The van der Waals surface area contributed by atoms with Crippen LogP contribution in [-0.2, 0) is 0 Å². The van der Waals surface area contributed by atoms with Crippen molar-refractivity contribution in [1.29, 1.82) is 5.26 Å². The maximum absolute atomic E-state index is 12.3. The highest BCUT2D eigenvalue weighted by atomic mass is 16.1. The Labute approximate surface area is 121 Å². The van der Waals surface area contributed by atoms with Gasteiger partial charge in [0.05, 0.1) is 5.69 Å². The van der Waals surface area contributed by atoms with Crippen molar-refractivity contribution in [2.75, 3.05) is 0 Å². The number of hydrogen-bond acceptors (Lipinski definition) is 3. The van der Waals surface area contributed by atoms with Crippen LogP contribution < -0.4 is 5.56 Å². The zero-order chi connectivity index (χ0) is 14.7. The molecule has 0 aliphatic carbocycles. The van der Waals surface area contributed by atoms with E-state index >= 15 is 0 Å². The van der Waals surface area contributed by atoms with Crippen LogP contribution in [0.3, 0.4) is 0 Å². The van der Waals surface area contributed by atoms with Crippen molar-refractivity contribution in [3.05, 3.63) is 81.9 Å². The van der Waals surface area contributed by atoms with Gasteiger partial charge in [0.2, 0.25) is 0 Å². The Balaban J connectivity index is 2.17. The Morgan fingerprint density at radius 3 is 2.57 bits per heavy atom. The van der Waals surface area contributed by atoms with E-state index in [4.69, 9.17) is 0 Å². The summed E-state index contributed by atoms with van der Waals surface area (Å²) in [5, 5.41) is 9.22. The van der Waals surface area contributed by atoms with E-state index in [0.717, 1.165) is 5.56 Å². The predicted molar refractivity (Wildman–Crippen MR) is 81.5 cm³/mol. The Morgan fingerprint density at radius 2 is 1.81 bits per heavy atom. The second-order valence-corrected chi connectivity index (χ2v) is 4.46. The molecule has 1 aromatic carbocycles. The van der Waals surface area contributed by atoms with Gasteiger partial charge in [0.25, 0.3) is 5.56 Å². The van der Waals surface area contributed by atoms with Gasteiger partial charge in [-0.25, -0.2) is 4.98 Å². The van der Waals surface area contributed by atoms with Crippen molar-refractivity contribution >= 4 is 17.8 Å². The first-order valence-electron chi connectivity index (χ1n) is 6.44. The summed E-state index contributed by atoms with van der Waals surface area (Å²) >= 11 is 0. The highest BCUT2D eigenvalue weighted by Gasteiger charge is 2.09. The fraction of sp³-hybridized carbons (Fsp3) is 0. The fourth-order valence-electron chi connectivity index (χ4n) is 2.07. The third kappa shape index (κ3) is 2.45. The lowest BCUT2D eigenvalue weighted by atomic mass is 10.1. The summed E-state index contributed by atoms with van der Waals surface area (Å²) in [6.45, 7) is 0. The summed E-state index contributed by atoms with van der Waals surface area (Å²) < 4.78 is 1.37. The molecule has 0 N–H and O–H groups in total. The topological polar surface area (TPSA) is 58.2 Å². The molecule has 4 nitrogen and oxygen atoms in total. The molecule has 3 aromatic rings. The molecule has 100 valence electrons. The zero-order valence-corrected chi connectivity index (χ0v) is 11.1. The lowest BCUT2D eigenvalue weighted by Crippen LogP contribution is -2.19. The molecule has 0 unspecified atom stereocenters. The van der Waals surface area contributed by atoms with Crippen molar-refractivity contribution in [1.82, 2.24) is 9.38 Å². The quantitative estimate of drug-likeness (QED) is 0.721. The van der Waals surface area contributed by atoms with E-state index in [0.29, 0.717) is 11.3 Å². The monoisotopic (exact) mass is 273 g/mol. The lowest BCUT2D eigenvalue weighted by Gasteiger charge is -2.02. The number of pyridine rings is 1. The van der Waals surface area contributed by atoms with E-state index < -0.39 is 0 Å². The van der Waals surface area contributed by atoms with Gasteiger partial charge < -0.3 is 0 Å². The van der Waals surface area contributed by atoms with E-state index in [9.17, 15) is 10.1 Å². The van der Waals surface area contributed by atoms with E-state index in [1.54, 1.807) is 30.5 Å². The van der Waals surface area contributed by atoms with Gasteiger partial charge in [-0.1, -0.05) is 42.5 Å². The number of rotatable bonds is 2. The first-order valence-corrected chi connectivity index (χ1v) is 6.44. The zero-order valence-electron chi connectivity index (χ0n) is 11.1.